The summed E-state index contributed by atoms with van der Waals surface area (Å²) in [6, 6.07) is 15.5. The molecular weight excluding hydrogens is 479 g/mol. The van der Waals surface area contributed by atoms with E-state index in [1.165, 1.54) is 24.3 Å². The average Bonchev–Trinajstić information content (AvgIpc) is 3.40. The van der Waals surface area contributed by atoms with Crippen molar-refractivity contribution in [3.63, 3.8) is 0 Å². The second kappa shape index (κ2) is 8.62. The highest BCUT2D eigenvalue weighted by atomic mass is 32.1. The van der Waals surface area contributed by atoms with Crippen LogP contribution >= 0.6 is 11.3 Å². The van der Waals surface area contributed by atoms with Gasteiger partial charge >= 0.3 is 6.18 Å². The minimum atomic E-state index is -4.47. The number of aryl methyl sites for hydroxylation is 1. The maximum Gasteiger partial charge on any atom is 0.416 e. The van der Waals surface area contributed by atoms with Gasteiger partial charge in [0.25, 0.3) is 11.1 Å². The molecular formula is C25H16F3N3O3S. The van der Waals surface area contributed by atoms with E-state index in [2.05, 4.69) is 10.1 Å². The van der Waals surface area contributed by atoms with Gasteiger partial charge in [0.1, 0.15) is 21.7 Å². The van der Waals surface area contributed by atoms with E-state index in [9.17, 15) is 22.8 Å². The summed E-state index contributed by atoms with van der Waals surface area (Å²) >= 11 is 0.973. The van der Waals surface area contributed by atoms with Crippen molar-refractivity contribution in [3.05, 3.63) is 114 Å². The summed E-state index contributed by atoms with van der Waals surface area (Å²) in [5.74, 6) is 0.492. The van der Waals surface area contributed by atoms with Crippen LogP contribution in [0.5, 0.6) is 0 Å². The molecule has 35 heavy (non-hydrogen) atoms. The van der Waals surface area contributed by atoms with Gasteiger partial charge in [-0.1, -0.05) is 53.3 Å². The van der Waals surface area contributed by atoms with Gasteiger partial charge in [0.2, 0.25) is 4.96 Å². The van der Waals surface area contributed by atoms with Gasteiger partial charge in [-0.3, -0.25) is 9.59 Å². The number of furan rings is 1. The summed E-state index contributed by atoms with van der Waals surface area (Å²) in [7, 11) is 0. The topological polar surface area (TPSA) is 77.5 Å². The number of benzene rings is 2. The van der Waals surface area contributed by atoms with Crippen LogP contribution in [-0.4, -0.2) is 14.6 Å². The van der Waals surface area contributed by atoms with E-state index < -0.39 is 22.9 Å². The number of hydrogen-bond donors (Lipinski definition) is 0. The zero-order chi connectivity index (χ0) is 24.7. The third-order valence-electron chi connectivity index (χ3n) is 5.32. The van der Waals surface area contributed by atoms with Crippen molar-refractivity contribution in [2.24, 2.45) is 0 Å². The Bertz CT molecular complexity index is 1720. The lowest BCUT2D eigenvalue weighted by molar-refractivity contribution is -0.137. The van der Waals surface area contributed by atoms with Crippen molar-refractivity contribution in [1.82, 2.24) is 14.6 Å². The quantitative estimate of drug-likeness (QED) is 0.373. The van der Waals surface area contributed by atoms with E-state index in [0.717, 1.165) is 39.1 Å². The molecule has 0 bridgehead atoms. The Morgan fingerprint density at radius 1 is 1.06 bits per heavy atom. The van der Waals surface area contributed by atoms with Crippen LogP contribution in [-0.2, 0) is 12.6 Å². The fourth-order valence-corrected chi connectivity index (χ4v) is 4.40. The van der Waals surface area contributed by atoms with Gasteiger partial charge in [0.05, 0.1) is 5.56 Å². The number of rotatable bonds is 4. The molecule has 176 valence electrons. The molecule has 0 saturated heterocycles. The first-order chi connectivity index (χ1) is 16.7. The Morgan fingerprint density at radius 3 is 2.57 bits per heavy atom. The van der Waals surface area contributed by atoms with Gasteiger partial charge < -0.3 is 4.42 Å². The summed E-state index contributed by atoms with van der Waals surface area (Å²) < 4.78 is 46.0. The van der Waals surface area contributed by atoms with Crippen LogP contribution in [0.1, 0.15) is 28.1 Å². The molecule has 5 aromatic rings. The Balaban J connectivity index is 1.50. The van der Waals surface area contributed by atoms with Crippen LogP contribution < -0.4 is 15.7 Å². The maximum atomic E-state index is 13.0. The number of thiazole rings is 1. The van der Waals surface area contributed by atoms with Crippen LogP contribution in [0.4, 0.5) is 13.2 Å². The van der Waals surface area contributed by atoms with Crippen LogP contribution in [0.3, 0.4) is 0 Å². The van der Waals surface area contributed by atoms with E-state index in [-0.39, 0.29) is 38.7 Å². The molecule has 0 aliphatic heterocycles. The van der Waals surface area contributed by atoms with Crippen LogP contribution in [0.2, 0.25) is 0 Å². The van der Waals surface area contributed by atoms with Crippen LogP contribution in [0.25, 0.3) is 22.4 Å². The zero-order valence-electron chi connectivity index (χ0n) is 18.2. The molecule has 2 aromatic carbocycles. The molecule has 6 nitrogen and oxygen atoms in total. The first-order valence-electron chi connectivity index (χ1n) is 10.4. The zero-order valence-corrected chi connectivity index (χ0v) is 19.0. The largest absolute Gasteiger partial charge is 0.457 e. The lowest BCUT2D eigenvalue weighted by Crippen LogP contribution is -2.28. The molecule has 3 aromatic heterocycles. The number of fused-ring (bicyclic) bond motifs is 1. The minimum absolute atomic E-state index is 0.142. The molecule has 0 saturated carbocycles. The Morgan fingerprint density at radius 2 is 1.83 bits per heavy atom. The van der Waals surface area contributed by atoms with Crippen molar-refractivity contribution < 1.29 is 17.6 Å². The van der Waals surface area contributed by atoms with E-state index >= 15 is 0 Å². The Labute approximate surface area is 199 Å². The molecule has 0 atom stereocenters. The number of aromatic nitrogens is 3. The number of halogens is 3. The Kier molecular flexibility index (Phi) is 5.60. The third kappa shape index (κ3) is 4.65. The highest BCUT2D eigenvalue weighted by Crippen LogP contribution is 2.32. The normalized spacial score (nSPS) is 12.5. The molecule has 0 aliphatic carbocycles. The van der Waals surface area contributed by atoms with E-state index in [0.29, 0.717) is 0 Å². The summed E-state index contributed by atoms with van der Waals surface area (Å²) in [5.41, 5.74) is 0.593. The SMILES string of the molecule is Cc1ccc(Cc2nn3c(=O)c(=Cc4ccc(-c5cccc(C(F)(F)F)c5)o4)sc3nc2=O)cc1. The standard InChI is InChI=1S/C25H16F3N3O3S/c1-14-5-7-15(8-6-14)11-19-22(32)29-24-31(30-19)23(33)21(35-24)13-18-9-10-20(34-18)16-3-2-4-17(12-16)25(26,27)28/h2-10,12-13H,11H2,1H3. The smallest absolute Gasteiger partial charge is 0.416 e. The lowest BCUT2D eigenvalue weighted by Gasteiger charge is -2.07. The van der Waals surface area contributed by atoms with Crippen molar-refractivity contribution in [3.8, 4) is 11.3 Å². The van der Waals surface area contributed by atoms with Crippen LogP contribution in [0.15, 0.2) is 74.7 Å². The van der Waals surface area contributed by atoms with E-state index in [1.54, 1.807) is 6.07 Å². The second-order valence-corrected chi connectivity index (χ2v) is 8.93. The van der Waals surface area contributed by atoms with Gasteiger partial charge in [0.15, 0.2) is 0 Å². The first-order valence-corrected chi connectivity index (χ1v) is 11.3. The molecule has 5 rings (SSSR count). The summed E-state index contributed by atoms with van der Waals surface area (Å²) in [6.07, 6.45) is -2.78. The van der Waals surface area contributed by atoms with Gasteiger partial charge in [-0.2, -0.15) is 27.8 Å². The predicted molar refractivity (Wildman–Crippen MR) is 125 cm³/mol. The molecule has 10 heteroatoms. The lowest BCUT2D eigenvalue weighted by atomic mass is 10.1. The highest BCUT2D eigenvalue weighted by molar-refractivity contribution is 7.15. The van der Waals surface area contributed by atoms with Gasteiger partial charge in [0, 0.05) is 18.1 Å². The van der Waals surface area contributed by atoms with Crippen molar-refractivity contribution in [2.45, 2.75) is 19.5 Å². The Hall–Kier alpha value is -4.05. The first kappa shape index (κ1) is 22.7. The van der Waals surface area contributed by atoms with Crippen LogP contribution in [0, 0.1) is 6.92 Å². The molecule has 0 radical (unpaired) electrons. The molecule has 0 aliphatic rings. The van der Waals surface area contributed by atoms with Crippen molar-refractivity contribution in [2.75, 3.05) is 0 Å². The monoisotopic (exact) mass is 495 g/mol. The summed E-state index contributed by atoms with van der Waals surface area (Å²) in [4.78, 5) is 29.5. The molecule has 0 spiro atoms. The number of alkyl halides is 3. The van der Waals surface area contributed by atoms with Crippen molar-refractivity contribution in [1.29, 1.82) is 0 Å². The molecule has 3 heterocycles. The van der Waals surface area contributed by atoms with Crippen molar-refractivity contribution >= 4 is 22.4 Å². The fraction of sp³-hybridized carbons (Fsp3) is 0.120. The molecule has 0 amide bonds. The third-order valence-corrected chi connectivity index (χ3v) is 6.28. The highest BCUT2D eigenvalue weighted by Gasteiger charge is 2.30. The maximum absolute atomic E-state index is 13.0. The number of hydrogen-bond acceptors (Lipinski definition) is 6. The summed E-state index contributed by atoms with van der Waals surface area (Å²) in [6.45, 7) is 1.96. The van der Waals surface area contributed by atoms with Gasteiger partial charge in [-0.05, 0) is 36.8 Å². The van der Waals surface area contributed by atoms with Gasteiger partial charge in [-0.15, -0.1) is 0 Å². The van der Waals surface area contributed by atoms with E-state index in [4.69, 9.17) is 4.42 Å². The summed E-state index contributed by atoms with van der Waals surface area (Å²) in [5, 5.41) is 4.22. The van der Waals surface area contributed by atoms with Gasteiger partial charge in [-0.25, -0.2) is 0 Å². The second-order valence-electron chi connectivity index (χ2n) is 7.92. The predicted octanol–water partition coefficient (Wildman–Crippen LogP) is 4.24. The number of nitrogens with zero attached hydrogens (tertiary/aromatic N) is 3. The van der Waals surface area contributed by atoms with E-state index in [1.807, 2.05) is 31.2 Å². The molecule has 0 N–H and O–H groups in total. The molecule has 0 fully saturated rings. The minimum Gasteiger partial charge on any atom is -0.457 e. The molecule has 0 unspecified atom stereocenters. The average molecular weight is 495 g/mol. The fourth-order valence-electron chi connectivity index (χ4n) is 3.51.